The lowest BCUT2D eigenvalue weighted by atomic mass is 9.99. The van der Waals surface area contributed by atoms with Gasteiger partial charge in [-0.25, -0.2) is 0 Å². The fraction of sp³-hybridized carbons (Fsp3) is 0.300. The third-order valence-corrected chi connectivity index (χ3v) is 4.32. The highest BCUT2D eigenvalue weighted by Gasteiger charge is 2.31. The molecule has 0 heterocycles. The first-order valence-electron chi connectivity index (χ1n) is 8.64. The predicted octanol–water partition coefficient (Wildman–Crippen LogP) is 4.62. The van der Waals surface area contributed by atoms with Gasteiger partial charge in [-0.1, -0.05) is 12.1 Å². The first kappa shape index (κ1) is 19.7. The van der Waals surface area contributed by atoms with Crippen LogP contribution in [0.2, 0.25) is 0 Å². The lowest BCUT2D eigenvalue weighted by molar-refractivity contribution is -0.274. The number of aryl methyl sites for hydroxylation is 1. The minimum absolute atomic E-state index is 0.00528. The van der Waals surface area contributed by atoms with Crippen LogP contribution in [-0.4, -0.2) is 29.8 Å². The summed E-state index contributed by atoms with van der Waals surface area (Å²) < 4.78 is 46.6. The van der Waals surface area contributed by atoms with E-state index in [0.717, 1.165) is 5.56 Å². The number of carbonyl (C=O) groups is 2. The van der Waals surface area contributed by atoms with Crippen LogP contribution in [-0.2, 0) is 11.2 Å². The van der Waals surface area contributed by atoms with Crippen molar-refractivity contribution < 1.29 is 37.3 Å². The molecule has 3 rings (SSSR count). The highest BCUT2D eigenvalue weighted by Crippen LogP contribution is 2.37. The molecule has 0 saturated heterocycles. The van der Waals surface area contributed by atoms with Gasteiger partial charge in [0, 0.05) is 24.0 Å². The number of hydrogen-bond acceptors (Lipinski definition) is 4. The Balaban J connectivity index is 1.88. The molecule has 2 aromatic rings. The van der Waals surface area contributed by atoms with E-state index in [9.17, 15) is 22.8 Å². The number of ketones is 1. The van der Waals surface area contributed by atoms with Crippen molar-refractivity contribution in [3.63, 3.8) is 0 Å². The van der Waals surface area contributed by atoms with E-state index in [1.165, 1.54) is 24.3 Å². The summed E-state index contributed by atoms with van der Waals surface area (Å²) in [7, 11) is 0. The molecule has 0 saturated carbocycles. The second-order valence-electron chi connectivity index (χ2n) is 6.35. The standard InChI is InChI=1S/C20H17F3O5/c21-20(22,23)28-14-6-3-12(4-7-14)16-11-15-13(5-8-17(15)24)10-18(16)27-9-1-2-19(25)26/h3-4,6-7,10-11H,1-2,5,8-9H2,(H,25,26). The van der Waals surface area contributed by atoms with Crippen LogP contribution in [0.25, 0.3) is 11.1 Å². The molecular formula is C20H17F3O5. The number of carboxylic acids is 1. The maximum atomic E-state index is 12.3. The summed E-state index contributed by atoms with van der Waals surface area (Å²) in [6, 6.07) is 8.70. The quantitative estimate of drug-likeness (QED) is 0.694. The number of alkyl halides is 3. The van der Waals surface area contributed by atoms with Gasteiger partial charge in [0.2, 0.25) is 0 Å². The first-order valence-corrected chi connectivity index (χ1v) is 8.64. The number of carboxylic acid groups (broad SMARTS) is 1. The van der Waals surface area contributed by atoms with Gasteiger partial charge in [0.15, 0.2) is 5.78 Å². The summed E-state index contributed by atoms with van der Waals surface area (Å²) >= 11 is 0. The molecule has 0 radical (unpaired) electrons. The first-order chi connectivity index (χ1) is 13.2. The van der Waals surface area contributed by atoms with Crippen LogP contribution >= 0.6 is 0 Å². The lowest BCUT2D eigenvalue weighted by Crippen LogP contribution is -2.16. The maximum absolute atomic E-state index is 12.3. The van der Waals surface area contributed by atoms with E-state index < -0.39 is 12.3 Å². The number of benzene rings is 2. The van der Waals surface area contributed by atoms with Crippen LogP contribution in [0.1, 0.15) is 35.2 Å². The molecule has 0 fully saturated rings. The van der Waals surface area contributed by atoms with E-state index in [2.05, 4.69) is 4.74 Å². The van der Waals surface area contributed by atoms with E-state index in [1.807, 2.05) is 0 Å². The SMILES string of the molecule is O=C(O)CCCOc1cc2c(cc1-c1ccc(OC(F)(F)F)cc1)C(=O)CC2. The van der Waals surface area contributed by atoms with E-state index in [1.54, 1.807) is 12.1 Å². The van der Waals surface area contributed by atoms with Crippen molar-refractivity contribution in [3.05, 3.63) is 47.5 Å². The average molecular weight is 394 g/mol. The molecule has 1 aliphatic rings. The third-order valence-electron chi connectivity index (χ3n) is 4.32. The second kappa shape index (κ2) is 7.92. The van der Waals surface area contributed by atoms with E-state index in [0.29, 0.717) is 41.7 Å². The van der Waals surface area contributed by atoms with E-state index >= 15 is 0 Å². The molecule has 0 aliphatic heterocycles. The van der Waals surface area contributed by atoms with Crippen molar-refractivity contribution in [1.82, 2.24) is 0 Å². The van der Waals surface area contributed by atoms with Gasteiger partial charge >= 0.3 is 12.3 Å². The monoisotopic (exact) mass is 394 g/mol. The normalized spacial score (nSPS) is 13.3. The third kappa shape index (κ3) is 4.82. The maximum Gasteiger partial charge on any atom is 0.573 e. The van der Waals surface area contributed by atoms with Crippen LogP contribution in [0.5, 0.6) is 11.5 Å². The summed E-state index contributed by atoms with van der Waals surface area (Å²) in [5.41, 5.74) is 2.54. The van der Waals surface area contributed by atoms with Gasteiger partial charge in [-0.05, 0) is 48.2 Å². The van der Waals surface area contributed by atoms with Gasteiger partial charge in [-0.15, -0.1) is 13.2 Å². The Morgan fingerprint density at radius 2 is 1.79 bits per heavy atom. The van der Waals surface area contributed by atoms with E-state index in [-0.39, 0.29) is 24.6 Å². The van der Waals surface area contributed by atoms with Crippen molar-refractivity contribution in [2.45, 2.75) is 32.0 Å². The molecule has 148 valence electrons. The Labute approximate surface area is 158 Å². The second-order valence-corrected chi connectivity index (χ2v) is 6.35. The van der Waals surface area contributed by atoms with Crippen molar-refractivity contribution in [2.75, 3.05) is 6.61 Å². The zero-order chi connectivity index (χ0) is 20.3. The number of hydrogen-bond donors (Lipinski definition) is 1. The van der Waals surface area contributed by atoms with Crippen LogP contribution in [0.4, 0.5) is 13.2 Å². The molecule has 0 bridgehead atoms. The summed E-state index contributed by atoms with van der Waals surface area (Å²) in [4.78, 5) is 22.7. The highest BCUT2D eigenvalue weighted by molar-refractivity contribution is 6.02. The number of aliphatic carboxylic acids is 1. The molecule has 0 atom stereocenters. The number of ether oxygens (including phenoxy) is 2. The topological polar surface area (TPSA) is 72.8 Å². The van der Waals surface area contributed by atoms with Gasteiger partial charge in [-0.2, -0.15) is 0 Å². The molecular weight excluding hydrogens is 377 g/mol. The molecule has 8 heteroatoms. The van der Waals surface area contributed by atoms with Gasteiger partial charge in [0.25, 0.3) is 0 Å². The van der Waals surface area contributed by atoms with Crippen LogP contribution in [0.15, 0.2) is 36.4 Å². The fourth-order valence-electron chi connectivity index (χ4n) is 3.06. The van der Waals surface area contributed by atoms with E-state index in [4.69, 9.17) is 9.84 Å². The Morgan fingerprint density at radius 1 is 1.07 bits per heavy atom. The molecule has 1 aliphatic carbocycles. The number of halogens is 3. The minimum atomic E-state index is -4.78. The largest absolute Gasteiger partial charge is 0.573 e. The van der Waals surface area contributed by atoms with Crippen LogP contribution in [0, 0.1) is 0 Å². The van der Waals surface area contributed by atoms with Crippen molar-refractivity contribution in [1.29, 1.82) is 0 Å². The molecule has 0 unspecified atom stereocenters. The van der Waals surface area contributed by atoms with Crippen LogP contribution in [0.3, 0.4) is 0 Å². The van der Waals surface area contributed by atoms with Gasteiger partial charge in [-0.3, -0.25) is 9.59 Å². The zero-order valence-corrected chi connectivity index (χ0v) is 14.7. The van der Waals surface area contributed by atoms with Gasteiger partial charge in [0.05, 0.1) is 6.61 Å². The Bertz CT molecular complexity index is 888. The van der Waals surface area contributed by atoms with Gasteiger partial charge < -0.3 is 14.6 Å². The van der Waals surface area contributed by atoms with Crippen molar-refractivity contribution >= 4 is 11.8 Å². The highest BCUT2D eigenvalue weighted by atomic mass is 19.4. The summed E-state index contributed by atoms with van der Waals surface area (Å²) in [6.45, 7) is 0.168. The predicted molar refractivity (Wildman–Crippen MR) is 93.6 cm³/mol. The number of fused-ring (bicyclic) bond motifs is 1. The summed E-state index contributed by atoms with van der Waals surface area (Å²) in [5.74, 6) is -0.810. The molecule has 2 aromatic carbocycles. The molecule has 0 spiro atoms. The molecule has 5 nitrogen and oxygen atoms in total. The molecule has 0 aromatic heterocycles. The molecule has 1 N–H and O–H groups in total. The van der Waals surface area contributed by atoms with Crippen molar-refractivity contribution in [3.8, 4) is 22.6 Å². The smallest absolute Gasteiger partial charge is 0.493 e. The minimum Gasteiger partial charge on any atom is -0.493 e. The number of Topliss-reactive ketones (excluding diaryl/α,β-unsaturated/α-hetero) is 1. The molecule has 0 amide bonds. The summed E-state index contributed by atoms with van der Waals surface area (Å²) in [5, 5.41) is 8.72. The Hall–Kier alpha value is -3.03. The van der Waals surface area contributed by atoms with Crippen molar-refractivity contribution in [2.24, 2.45) is 0 Å². The summed E-state index contributed by atoms with van der Waals surface area (Å²) in [6.07, 6.45) is -3.51. The Morgan fingerprint density at radius 3 is 2.43 bits per heavy atom. The van der Waals surface area contributed by atoms with Crippen LogP contribution < -0.4 is 9.47 Å². The zero-order valence-electron chi connectivity index (χ0n) is 14.7. The number of carbonyl (C=O) groups excluding carboxylic acids is 1. The molecule has 28 heavy (non-hydrogen) atoms. The van der Waals surface area contributed by atoms with Gasteiger partial charge in [0.1, 0.15) is 11.5 Å². The lowest BCUT2D eigenvalue weighted by Gasteiger charge is -2.15. The number of rotatable bonds is 7. The average Bonchev–Trinajstić information content (AvgIpc) is 2.97. The fourth-order valence-corrected chi connectivity index (χ4v) is 3.06. The Kier molecular flexibility index (Phi) is 5.58.